The maximum Gasteiger partial charge on any atom is 0.316 e. The Morgan fingerprint density at radius 2 is 1.67 bits per heavy atom. The van der Waals surface area contributed by atoms with E-state index >= 15 is 0 Å². The Morgan fingerprint density at radius 1 is 1.67 bits per heavy atom. The predicted molar refractivity (Wildman–Crippen MR) is 21.9 cm³/mol. The van der Waals surface area contributed by atoms with Gasteiger partial charge in [0.25, 0.3) is 5.97 Å². The van der Waals surface area contributed by atoms with E-state index in [4.69, 9.17) is 9.90 Å². The molecular formula is C2H6MgO2Ti. The van der Waals surface area contributed by atoms with Crippen LogP contribution in [0.25, 0.3) is 0 Å². The standard InChI is InChI=1S/C2H4O2.Mg.Ti.2H/c1-2(3)4;;;;/h1H3,(H,3,4);;;;. The summed E-state index contributed by atoms with van der Waals surface area (Å²) in [6.07, 6.45) is 0. The van der Waals surface area contributed by atoms with Gasteiger partial charge in [-0.1, -0.05) is 0 Å². The van der Waals surface area contributed by atoms with Gasteiger partial charge in [0.05, 0.1) is 0 Å². The molecule has 0 spiro atoms. The third-order valence-electron chi connectivity index (χ3n) is 0. The number of carboxylic acid groups (broad SMARTS) is 1. The SMILES string of the molecule is CC(=O)O.[MgH2].[Ti]. The third-order valence-corrected chi connectivity index (χ3v) is 0. The van der Waals surface area contributed by atoms with Crippen LogP contribution in [0.3, 0.4) is 0 Å². The Bertz CT molecular complexity index is 34.5. The molecule has 0 aromatic heterocycles. The van der Waals surface area contributed by atoms with Crippen molar-refractivity contribution in [2.75, 3.05) is 0 Å². The number of hydrogen-bond donors (Lipinski definition) is 1. The van der Waals surface area contributed by atoms with Crippen LogP contribution in [0.1, 0.15) is 6.92 Å². The molecule has 0 aliphatic carbocycles. The van der Waals surface area contributed by atoms with Gasteiger partial charge in [0.15, 0.2) is 0 Å². The average molecular weight is 134 g/mol. The van der Waals surface area contributed by atoms with Crippen LogP contribution in [0.2, 0.25) is 0 Å². The van der Waals surface area contributed by atoms with Crippen molar-refractivity contribution in [3.05, 3.63) is 0 Å². The normalized spacial score (nSPS) is 4.17. The molecule has 0 fully saturated rings. The molecule has 32 valence electrons. The molecule has 0 rings (SSSR count). The van der Waals surface area contributed by atoms with Crippen molar-refractivity contribution < 1.29 is 31.6 Å². The second-order valence-electron chi connectivity index (χ2n) is 0.519. The minimum atomic E-state index is -0.833. The van der Waals surface area contributed by atoms with Crippen molar-refractivity contribution in [3.8, 4) is 0 Å². The number of hydrogen-bond acceptors (Lipinski definition) is 1. The first-order chi connectivity index (χ1) is 1.73. The fourth-order valence-electron chi connectivity index (χ4n) is 0. The second kappa shape index (κ2) is 9.34. The predicted octanol–water partition coefficient (Wildman–Crippen LogP) is -0.828. The van der Waals surface area contributed by atoms with Gasteiger partial charge in [-0.15, -0.1) is 0 Å². The zero-order valence-electron chi connectivity index (χ0n) is 2.86. The van der Waals surface area contributed by atoms with Gasteiger partial charge >= 0.3 is 23.1 Å². The van der Waals surface area contributed by atoms with E-state index in [9.17, 15) is 0 Å². The molecule has 0 radical (unpaired) electrons. The summed E-state index contributed by atoms with van der Waals surface area (Å²) in [5.74, 6) is -0.833. The van der Waals surface area contributed by atoms with Crippen LogP contribution in [0.15, 0.2) is 0 Å². The summed E-state index contributed by atoms with van der Waals surface area (Å²) in [6, 6.07) is 0. The molecule has 0 aromatic rings. The van der Waals surface area contributed by atoms with E-state index in [0.717, 1.165) is 6.92 Å². The van der Waals surface area contributed by atoms with Gasteiger partial charge in [0.2, 0.25) is 0 Å². The minimum absolute atomic E-state index is 0. The summed E-state index contributed by atoms with van der Waals surface area (Å²) in [5.41, 5.74) is 0. The van der Waals surface area contributed by atoms with Gasteiger partial charge in [0, 0.05) is 28.6 Å². The van der Waals surface area contributed by atoms with Crippen molar-refractivity contribution >= 4 is 29.0 Å². The van der Waals surface area contributed by atoms with Crippen LogP contribution in [-0.2, 0) is 26.5 Å². The Morgan fingerprint density at radius 3 is 1.67 bits per heavy atom. The molecule has 0 aliphatic rings. The van der Waals surface area contributed by atoms with Crippen molar-refractivity contribution in [1.82, 2.24) is 0 Å². The van der Waals surface area contributed by atoms with Gasteiger partial charge in [-0.05, 0) is 0 Å². The summed E-state index contributed by atoms with van der Waals surface area (Å²) < 4.78 is 0. The maximum atomic E-state index is 9.00. The van der Waals surface area contributed by atoms with Crippen molar-refractivity contribution in [2.24, 2.45) is 0 Å². The molecule has 6 heavy (non-hydrogen) atoms. The van der Waals surface area contributed by atoms with E-state index in [1.54, 1.807) is 0 Å². The summed E-state index contributed by atoms with van der Waals surface area (Å²) >= 11 is 0. The van der Waals surface area contributed by atoms with E-state index < -0.39 is 5.97 Å². The number of carbonyl (C=O) groups is 1. The quantitative estimate of drug-likeness (QED) is 0.439. The molecule has 0 amide bonds. The van der Waals surface area contributed by atoms with Gasteiger partial charge in [0.1, 0.15) is 0 Å². The first kappa shape index (κ1) is 15.8. The molecule has 0 saturated carbocycles. The molecule has 0 saturated heterocycles. The Balaban J connectivity index is -0.0000000450. The first-order valence-electron chi connectivity index (χ1n) is 0.928. The van der Waals surface area contributed by atoms with E-state index in [2.05, 4.69) is 0 Å². The zero-order chi connectivity index (χ0) is 3.58. The van der Waals surface area contributed by atoms with Gasteiger partial charge < -0.3 is 5.11 Å². The molecule has 0 heterocycles. The van der Waals surface area contributed by atoms with Crippen LogP contribution in [0.4, 0.5) is 0 Å². The molecule has 0 atom stereocenters. The van der Waals surface area contributed by atoms with Crippen LogP contribution in [-0.4, -0.2) is 34.1 Å². The average Bonchev–Trinajstić information content (AvgIpc) is 0.811. The minimum Gasteiger partial charge on any atom is -0.481 e. The second-order valence-corrected chi connectivity index (χ2v) is 0.519. The molecule has 4 heteroatoms. The molecule has 0 bridgehead atoms. The van der Waals surface area contributed by atoms with Crippen LogP contribution in [0, 0.1) is 0 Å². The van der Waals surface area contributed by atoms with Crippen LogP contribution in [0.5, 0.6) is 0 Å². The summed E-state index contributed by atoms with van der Waals surface area (Å²) in [7, 11) is 0. The van der Waals surface area contributed by atoms with E-state index in [-0.39, 0.29) is 44.8 Å². The topological polar surface area (TPSA) is 37.3 Å². The van der Waals surface area contributed by atoms with Crippen molar-refractivity contribution in [3.63, 3.8) is 0 Å². The Kier molecular flexibility index (Phi) is 24.6. The molecule has 0 unspecified atom stereocenters. The van der Waals surface area contributed by atoms with Crippen molar-refractivity contribution in [2.45, 2.75) is 6.92 Å². The summed E-state index contributed by atoms with van der Waals surface area (Å²) in [6.45, 7) is 1.08. The number of carboxylic acids is 1. The number of aliphatic carboxylic acids is 1. The monoisotopic (exact) mass is 134 g/mol. The van der Waals surface area contributed by atoms with Crippen LogP contribution < -0.4 is 0 Å². The molecule has 0 aliphatic heterocycles. The van der Waals surface area contributed by atoms with E-state index in [1.807, 2.05) is 0 Å². The maximum absolute atomic E-state index is 9.00. The van der Waals surface area contributed by atoms with Crippen LogP contribution >= 0.6 is 0 Å². The number of rotatable bonds is 0. The Labute approximate surface area is 67.3 Å². The first-order valence-corrected chi connectivity index (χ1v) is 0.928. The summed E-state index contributed by atoms with van der Waals surface area (Å²) in [5, 5.41) is 7.42. The molecule has 2 nitrogen and oxygen atoms in total. The van der Waals surface area contributed by atoms with Gasteiger partial charge in [-0.3, -0.25) is 4.79 Å². The fraction of sp³-hybridized carbons (Fsp3) is 0.500. The van der Waals surface area contributed by atoms with E-state index in [0.29, 0.717) is 0 Å². The molecule has 1 N–H and O–H groups in total. The Hall–Kier alpha value is 0.951. The fourth-order valence-corrected chi connectivity index (χ4v) is 0. The van der Waals surface area contributed by atoms with Crippen molar-refractivity contribution in [1.29, 1.82) is 0 Å². The van der Waals surface area contributed by atoms with Gasteiger partial charge in [-0.25, -0.2) is 0 Å². The smallest absolute Gasteiger partial charge is 0.316 e. The molecular weight excluding hydrogens is 128 g/mol. The summed E-state index contributed by atoms with van der Waals surface area (Å²) in [4.78, 5) is 9.00. The van der Waals surface area contributed by atoms with E-state index in [1.165, 1.54) is 0 Å². The third kappa shape index (κ3) is 85.5. The van der Waals surface area contributed by atoms with Gasteiger partial charge in [-0.2, -0.15) is 0 Å². The zero-order valence-corrected chi connectivity index (χ0v) is 4.42. The molecule has 0 aromatic carbocycles. The largest absolute Gasteiger partial charge is 0.481 e.